The van der Waals surface area contributed by atoms with E-state index >= 15 is 0 Å². The third kappa shape index (κ3) is 1.31. The van der Waals surface area contributed by atoms with Gasteiger partial charge in [-0.15, -0.1) is 0 Å². The van der Waals surface area contributed by atoms with Gasteiger partial charge >= 0.3 is 0 Å². The SMILES string of the molecule is CC(=O)/C=C/C12OC1(C)CCC(O)C2(C)C. The largest absolute Gasteiger partial charge is 0.392 e. The first kappa shape index (κ1) is 11.8. The van der Waals surface area contributed by atoms with Crippen molar-refractivity contribution in [2.45, 2.75) is 57.8 Å². The maximum absolute atomic E-state index is 11.0. The molecule has 2 aliphatic rings. The predicted molar refractivity (Wildman–Crippen MR) is 61.1 cm³/mol. The first-order chi connectivity index (χ1) is 7.25. The Morgan fingerprint density at radius 1 is 1.44 bits per heavy atom. The maximum Gasteiger partial charge on any atom is 0.152 e. The highest BCUT2D eigenvalue weighted by Gasteiger charge is 2.75. The minimum absolute atomic E-state index is 0.0167. The van der Waals surface area contributed by atoms with Crippen LogP contribution in [0, 0.1) is 5.41 Å². The maximum atomic E-state index is 11.0. The fraction of sp³-hybridized carbons (Fsp3) is 0.769. The summed E-state index contributed by atoms with van der Waals surface area (Å²) in [6, 6.07) is 0. The van der Waals surface area contributed by atoms with Crippen molar-refractivity contribution in [2.24, 2.45) is 5.41 Å². The van der Waals surface area contributed by atoms with Gasteiger partial charge in [0, 0.05) is 5.41 Å². The average Bonchev–Trinajstić information content (AvgIpc) is 2.80. The molecule has 0 aromatic rings. The van der Waals surface area contributed by atoms with Crippen LogP contribution in [0.2, 0.25) is 0 Å². The second-order valence-electron chi connectivity index (χ2n) is 5.79. The molecule has 0 radical (unpaired) electrons. The Bertz CT molecular complexity index is 358. The molecule has 0 bridgehead atoms. The summed E-state index contributed by atoms with van der Waals surface area (Å²) in [5, 5.41) is 10.1. The number of hydrogen-bond acceptors (Lipinski definition) is 3. The van der Waals surface area contributed by atoms with Crippen molar-refractivity contribution in [1.29, 1.82) is 0 Å². The van der Waals surface area contributed by atoms with Crippen LogP contribution >= 0.6 is 0 Å². The molecule has 3 unspecified atom stereocenters. The highest BCUT2D eigenvalue weighted by Crippen LogP contribution is 2.65. The molecule has 1 N–H and O–H groups in total. The fourth-order valence-electron chi connectivity index (χ4n) is 3.06. The van der Waals surface area contributed by atoms with Gasteiger partial charge in [-0.25, -0.2) is 0 Å². The average molecular weight is 224 g/mol. The molecule has 1 heterocycles. The van der Waals surface area contributed by atoms with Crippen molar-refractivity contribution in [3.63, 3.8) is 0 Å². The third-order valence-corrected chi connectivity index (χ3v) is 4.37. The summed E-state index contributed by atoms with van der Waals surface area (Å²) < 4.78 is 5.89. The number of carbonyl (C=O) groups excluding carboxylic acids is 1. The first-order valence-corrected chi connectivity index (χ1v) is 5.83. The lowest BCUT2D eigenvalue weighted by Gasteiger charge is -2.40. The van der Waals surface area contributed by atoms with E-state index in [0.29, 0.717) is 0 Å². The minimum atomic E-state index is -0.469. The number of allylic oxidation sites excluding steroid dienone is 1. The summed E-state index contributed by atoms with van der Waals surface area (Å²) in [6.07, 6.45) is 4.64. The van der Waals surface area contributed by atoms with Crippen molar-refractivity contribution in [3.05, 3.63) is 12.2 Å². The molecular formula is C13H20O3. The van der Waals surface area contributed by atoms with Crippen molar-refractivity contribution >= 4 is 5.78 Å². The molecule has 2 fully saturated rings. The van der Waals surface area contributed by atoms with Crippen LogP contribution in [-0.2, 0) is 9.53 Å². The van der Waals surface area contributed by atoms with Crippen molar-refractivity contribution < 1.29 is 14.6 Å². The molecule has 0 spiro atoms. The standard InChI is InChI=1S/C13H20O3/c1-9(14)5-8-13-11(2,3)10(15)6-7-12(13,4)16-13/h5,8,10,15H,6-7H2,1-4H3/b8-5+. The Kier molecular flexibility index (Phi) is 2.34. The molecule has 90 valence electrons. The zero-order valence-corrected chi connectivity index (χ0v) is 10.4. The minimum Gasteiger partial charge on any atom is -0.392 e. The van der Waals surface area contributed by atoms with E-state index in [0.717, 1.165) is 12.8 Å². The number of ether oxygens (including phenoxy) is 1. The van der Waals surface area contributed by atoms with Crippen LogP contribution in [0.1, 0.15) is 40.5 Å². The van der Waals surface area contributed by atoms with Crippen LogP contribution < -0.4 is 0 Å². The molecule has 2 rings (SSSR count). The summed E-state index contributed by atoms with van der Waals surface area (Å²) in [4.78, 5) is 11.0. The zero-order valence-electron chi connectivity index (χ0n) is 10.4. The van der Waals surface area contributed by atoms with Crippen LogP contribution in [0.4, 0.5) is 0 Å². The Labute approximate surface area is 96.5 Å². The third-order valence-electron chi connectivity index (χ3n) is 4.37. The zero-order chi connectivity index (χ0) is 12.2. The topological polar surface area (TPSA) is 49.8 Å². The van der Waals surface area contributed by atoms with E-state index in [4.69, 9.17) is 4.74 Å². The number of aliphatic hydroxyl groups excluding tert-OH is 1. The number of carbonyl (C=O) groups is 1. The highest BCUT2D eigenvalue weighted by atomic mass is 16.6. The number of fused-ring (bicyclic) bond motifs is 1. The van der Waals surface area contributed by atoms with E-state index in [2.05, 4.69) is 6.92 Å². The van der Waals surface area contributed by atoms with E-state index < -0.39 is 5.60 Å². The highest BCUT2D eigenvalue weighted by molar-refractivity contribution is 5.87. The van der Waals surface area contributed by atoms with E-state index in [1.807, 2.05) is 19.9 Å². The van der Waals surface area contributed by atoms with Gasteiger partial charge in [0.2, 0.25) is 0 Å². The molecular weight excluding hydrogens is 204 g/mol. The van der Waals surface area contributed by atoms with Crippen LogP contribution in [-0.4, -0.2) is 28.2 Å². The van der Waals surface area contributed by atoms with E-state index in [-0.39, 0.29) is 22.9 Å². The molecule has 3 atom stereocenters. The van der Waals surface area contributed by atoms with Gasteiger partial charge in [0.25, 0.3) is 0 Å². The van der Waals surface area contributed by atoms with Crippen LogP contribution in [0.15, 0.2) is 12.2 Å². The Morgan fingerprint density at radius 3 is 2.62 bits per heavy atom. The lowest BCUT2D eigenvalue weighted by atomic mass is 9.62. The van der Waals surface area contributed by atoms with Gasteiger partial charge in [0.15, 0.2) is 5.78 Å². The van der Waals surface area contributed by atoms with Crippen LogP contribution in [0.25, 0.3) is 0 Å². The quantitative estimate of drug-likeness (QED) is 0.575. The number of ketones is 1. The molecule has 0 amide bonds. The van der Waals surface area contributed by atoms with E-state index in [9.17, 15) is 9.90 Å². The number of rotatable bonds is 2. The summed E-state index contributed by atoms with van der Waals surface area (Å²) in [6.45, 7) is 7.60. The Hall–Kier alpha value is -0.670. The summed E-state index contributed by atoms with van der Waals surface area (Å²) in [7, 11) is 0. The Morgan fingerprint density at radius 2 is 2.06 bits per heavy atom. The van der Waals surface area contributed by atoms with E-state index in [1.165, 1.54) is 6.92 Å². The lowest BCUT2D eigenvalue weighted by Crippen LogP contribution is -2.49. The molecule has 1 aliphatic carbocycles. The van der Waals surface area contributed by atoms with Gasteiger partial charge in [-0.1, -0.05) is 13.8 Å². The van der Waals surface area contributed by atoms with Gasteiger partial charge in [0.1, 0.15) is 5.60 Å². The fourth-order valence-corrected chi connectivity index (χ4v) is 3.06. The number of hydrogen-bond donors (Lipinski definition) is 1. The summed E-state index contributed by atoms with van der Waals surface area (Å²) in [5.41, 5.74) is -1.02. The molecule has 0 aromatic heterocycles. The number of epoxide rings is 1. The van der Waals surface area contributed by atoms with E-state index in [1.54, 1.807) is 6.08 Å². The number of aliphatic hydroxyl groups is 1. The van der Waals surface area contributed by atoms with Crippen LogP contribution in [0.3, 0.4) is 0 Å². The van der Waals surface area contributed by atoms with Gasteiger partial charge in [-0.05, 0) is 38.8 Å². The monoisotopic (exact) mass is 224 g/mol. The normalized spacial score (nSPS) is 45.4. The summed E-state index contributed by atoms with van der Waals surface area (Å²) >= 11 is 0. The molecule has 1 aliphatic heterocycles. The van der Waals surface area contributed by atoms with Crippen molar-refractivity contribution in [2.75, 3.05) is 0 Å². The van der Waals surface area contributed by atoms with Gasteiger partial charge < -0.3 is 9.84 Å². The molecule has 3 nitrogen and oxygen atoms in total. The second-order valence-corrected chi connectivity index (χ2v) is 5.79. The van der Waals surface area contributed by atoms with Gasteiger partial charge in [-0.3, -0.25) is 4.79 Å². The predicted octanol–water partition coefficient (Wildman–Crippen LogP) is 1.84. The molecule has 3 heteroatoms. The van der Waals surface area contributed by atoms with Crippen molar-refractivity contribution in [1.82, 2.24) is 0 Å². The Balaban J connectivity index is 2.35. The molecule has 16 heavy (non-hydrogen) atoms. The van der Waals surface area contributed by atoms with Crippen molar-refractivity contribution in [3.8, 4) is 0 Å². The first-order valence-electron chi connectivity index (χ1n) is 5.83. The summed E-state index contributed by atoms with van der Waals surface area (Å²) in [5.74, 6) is 0.0167. The smallest absolute Gasteiger partial charge is 0.152 e. The van der Waals surface area contributed by atoms with Crippen LogP contribution in [0.5, 0.6) is 0 Å². The molecule has 1 saturated carbocycles. The van der Waals surface area contributed by atoms with Gasteiger partial charge in [0.05, 0.1) is 11.7 Å². The molecule has 0 aromatic carbocycles. The lowest BCUT2D eigenvalue weighted by molar-refractivity contribution is -0.112. The van der Waals surface area contributed by atoms with Gasteiger partial charge in [-0.2, -0.15) is 0 Å². The molecule has 1 saturated heterocycles. The second kappa shape index (κ2) is 3.17.